The molecule has 124 valence electrons. The fraction of sp³-hybridized carbons (Fsp3) is 0.0455. The van der Waals surface area contributed by atoms with Crippen molar-refractivity contribution in [1.29, 1.82) is 0 Å². The van der Waals surface area contributed by atoms with E-state index in [-0.39, 0.29) is 4.95 Å². The maximum atomic E-state index is 5.89. The fourth-order valence-corrected chi connectivity index (χ4v) is 2.76. The molecule has 0 aromatic heterocycles. The summed E-state index contributed by atoms with van der Waals surface area (Å²) in [7, 11) is 0. The van der Waals surface area contributed by atoms with E-state index in [0.29, 0.717) is 0 Å². The average Bonchev–Trinajstić information content (AvgIpc) is 2.66. The molecule has 0 heterocycles. The lowest BCUT2D eigenvalue weighted by Gasteiger charge is -2.07. The van der Waals surface area contributed by atoms with E-state index in [1.54, 1.807) is 0 Å². The van der Waals surface area contributed by atoms with Gasteiger partial charge in [0.25, 0.3) is 0 Å². The van der Waals surface area contributed by atoms with Crippen LogP contribution in [-0.2, 0) is 0 Å². The largest absolute Gasteiger partial charge is 0.316 e. The van der Waals surface area contributed by atoms with Crippen molar-refractivity contribution < 1.29 is 0 Å². The zero-order valence-electron chi connectivity index (χ0n) is 13.7. The van der Waals surface area contributed by atoms with Crippen LogP contribution >= 0.6 is 15.9 Å². The summed E-state index contributed by atoms with van der Waals surface area (Å²) in [6, 6.07) is 28.7. The molecule has 0 aliphatic heterocycles. The monoisotopic (exact) mass is 390 g/mol. The summed E-state index contributed by atoms with van der Waals surface area (Å²) in [4.78, 5) is 4.39. The molecular weight excluding hydrogens is 372 g/mol. The maximum Gasteiger partial charge on any atom is 0.0815 e. The molecule has 0 saturated heterocycles. The maximum absolute atomic E-state index is 5.89. The van der Waals surface area contributed by atoms with Gasteiger partial charge in [0, 0.05) is 6.21 Å². The third-order valence-electron chi connectivity index (χ3n) is 3.76. The number of hydrogen-bond acceptors (Lipinski definition) is 2. The third-order valence-corrected chi connectivity index (χ3v) is 4.02. The second-order valence-corrected chi connectivity index (χ2v) is 6.67. The van der Waals surface area contributed by atoms with Gasteiger partial charge < -0.3 is 5.73 Å². The van der Waals surface area contributed by atoms with Crippen molar-refractivity contribution in [3.8, 4) is 11.1 Å². The molecule has 3 rings (SSSR count). The van der Waals surface area contributed by atoms with E-state index in [2.05, 4.69) is 57.3 Å². The van der Waals surface area contributed by atoms with E-state index in [9.17, 15) is 0 Å². The van der Waals surface area contributed by atoms with E-state index in [0.717, 1.165) is 16.8 Å². The standard InChI is InChI=1S/C22H19BrN2/c23-22(24)15-21(25-16-17-7-3-1-4-8-17)20-13-11-19(12-14-20)18-9-5-2-6-10-18/h1-16,22H,24H2/b21-15-,25-16?. The van der Waals surface area contributed by atoms with Crippen molar-refractivity contribution in [3.05, 3.63) is 102 Å². The van der Waals surface area contributed by atoms with Crippen molar-refractivity contribution in [2.45, 2.75) is 4.95 Å². The highest BCUT2D eigenvalue weighted by atomic mass is 79.9. The molecule has 0 spiro atoms. The number of halogens is 1. The predicted octanol–water partition coefficient (Wildman–Crippen LogP) is 5.49. The van der Waals surface area contributed by atoms with Gasteiger partial charge in [0.05, 0.1) is 10.6 Å². The smallest absolute Gasteiger partial charge is 0.0815 e. The predicted molar refractivity (Wildman–Crippen MR) is 111 cm³/mol. The van der Waals surface area contributed by atoms with Crippen LogP contribution < -0.4 is 5.73 Å². The first-order valence-electron chi connectivity index (χ1n) is 8.09. The molecule has 0 fully saturated rings. The number of benzene rings is 3. The molecule has 1 unspecified atom stereocenters. The van der Waals surface area contributed by atoms with Crippen LogP contribution in [0.5, 0.6) is 0 Å². The molecule has 2 N–H and O–H groups in total. The molecule has 25 heavy (non-hydrogen) atoms. The summed E-state index contributed by atoms with van der Waals surface area (Å²) in [5, 5.41) is 0. The third kappa shape index (κ3) is 4.99. The lowest BCUT2D eigenvalue weighted by atomic mass is 10.0. The van der Waals surface area contributed by atoms with Crippen molar-refractivity contribution in [1.82, 2.24) is 0 Å². The van der Waals surface area contributed by atoms with Crippen LogP contribution in [-0.4, -0.2) is 11.2 Å². The number of hydrogen-bond donors (Lipinski definition) is 1. The summed E-state index contributed by atoms with van der Waals surface area (Å²) in [6.07, 6.45) is 3.75. The second kappa shape index (κ2) is 8.56. The molecule has 0 amide bonds. The Labute approximate surface area is 156 Å². The normalized spacial score (nSPS) is 13.1. The second-order valence-electron chi connectivity index (χ2n) is 5.61. The lowest BCUT2D eigenvalue weighted by molar-refractivity contribution is 1.18. The first-order valence-corrected chi connectivity index (χ1v) is 9.00. The SMILES string of the molecule is NC(Br)/C=C(\N=Cc1ccccc1)c1ccc(-c2ccccc2)cc1. The Morgan fingerprint density at radius 1 is 0.800 bits per heavy atom. The number of nitrogens with two attached hydrogens (primary N) is 1. The average molecular weight is 391 g/mol. The summed E-state index contributed by atoms with van der Waals surface area (Å²) in [5.74, 6) is 0. The molecule has 0 radical (unpaired) electrons. The van der Waals surface area contributed by atoms with Gasteiger partial charge in [-0.05, 0) is 28.3 Å². The number of nitrogens with zero attached hydrogens (tertiary/aromatic N) is 1. The van der Waals surface area contributed by atoms with Gasteiger partial charge in [-0.1, -0.05) is 101 Å². The van der Waals surface area contributed by atoms with Gasteiger partial charge in [0.15, 0.2) is 0 Å². The molecule has 1 atom stereocenters. The summed E-state index contributed by atoms with van der Waals surface area (Å²) >= 11 is 3.38. The van der Waals surface area contributed by atoms with Crippen LogP contribution in [0.25, 0.3) is 16.8 Å². The van der Waals surface area contributed by atoms with Crippen LogP contribution in [0.15, 0.2) is 96.0 Å². The topological polar surface area (TPSA) is 38.4 Å². The Bertz CT molecular complexity index is 852. The van der Waals surface area contributed by atoms with E-state index < -0.39 is 0 Å². The zero-order chi connectivity index (χ0) is 17.5. The Kier molecular flexibility index (Phi) is 5.94. The summed E-state index contributed by atoms with van der Waals surface area (Å²) in [6.45, 7) is 0. The highest BCUT2D eigenvalue weighted by Crippen LogP contribution is 2.23. The van der Waals surface area contributed by atoms with Crippen LogP contribution in [0.2, 0.25) is 0 Å². The molecule has 0 aliphatic carbocycles. The minimum Gasteiger partial charge on any atom is -0.316 e. The molecule has 3 aromatic carbocycles. The van der Waals surface area contributed by atoms with E-state index in [1.807, 2.05) is 60.8 Å². The molecule has 0 aliphatic rings. The Hall–Kier alpha value is -2.49. The summed E-state index contributed by atoms with van der Waals surface area (Å²) in [5.41, 5.74) is 11.2. The Balaban J connectivity index is 1.88. The van der Waals surface area contributed by atoms with E-state index in [4.69, 9.17) is 5.73 Å². The minimum atomic E-state index is -0.246. The highest BCUT2D eigenvalue weighted by molar-refractivity contribution is 9.09. The van der Waals surface area contributed by atoms with Gasteiger partial charge in [-0.25, -0.2) is 0 Å². The molecule has 2 nitrogen and oxygen atoms in total. The van der Waals surface area contributed by atoms with Gasteiger partial charge in [-0.3, -0.25) is 4.99 Å². The van der Waals surface area contributed by atoms with Crippen LogP contribution in [0.1, 0.15) is 11.1 Å². The van der Waals surface area contributed by atoms with Crippen molar-refractivity contribution in [2.24, 2.45) is 10.7 Å². The van der Waals surface area contributed by atoms with Crippen LogP contribution in [0.3, 0.4) is 0 Å². The number of aliphatic imine (C=N–C) groups is 1. The lowest BCUT2D eigenvalue weighted by Crippen LogP contribution is -2.07. The minimum absolute atomic E-state index is 0.246. The van der Waals surface area contributed by atoms with Gasteiger partial charge in [0.2, 0.25) is 0 Å². The van der Waals surface area contributed by atoms with Gasteiger partial charge in [0.1, 0.15) is 0 Å². The van der Waals surface area contributed by atoms with Crippen molar-refractivity contribution in [2.75, 3.05) is 0 Å². The molecular formula is C22H19BrN2. The summed E-state index contributed by atoms with van der Waals surface area (Å²) < 4.78 is 0. The van der Waals surface area contributed by atoms with E-state index in [1.165, 1.54) is 11.1 Å². The first-order chi connectivity index (χ1) is 12.2. The van der Waals surface area contributed by atoms with Crippen LogP contribution in [0, 0.1) is 0 Å². The van der Waals surface area contributed by atoms with Crippen molar-refractivity contribution >= 4 is 27.8 Å². The molecule has 0 bridgehead atoms. The van der Waals surface area contributed by atoms with Crippen LogP contribution in [0.4, 0.5) is 0 Å². The Morgan fingerprint density at radius 2 is 1.36 bits per heavy atom. The Morgan fingerprint density at radius 3 is 1.96 bits per heavy atom. The fourth-order valence-electron chi connectivity index (χ4n) is 2.51. The van der Waals surface area contributed by atoms with E-state index >= 15 is 0 Å². The van der Waals surface area contributed by atoms with Gasteiger partial charge >= 0.3 is 0 Å². The first kappa shape index (κ1) is 17.3. The highest BCUT2D eigenvalue weighted by Gasteiger charge is 2.03. The van der Waals surface area contributed by atoms with Gasteiger partial charge in [-0.15, -0.1) is 0 Å². The molecule has 0 saturated carbocycles. The quantitative estimate of drug-likeness (QED) is 0.349. The molecule has 3 aromatic rings. The number of rotatable bonds is 5. The molecule has 3 heteroatoms. The zero-order valence-corrected chi connectivity index (χ0v) is 15.3. The van der Waals surface area contributed by atoms with Gasteiger partial charge in [-0.2, -0.15) is 0 Å². The number of alkyl halides is 1. The van der Waals surface area contributed by atoms with Crippen molar-refractivity contribution in [3.63, 3.8) is 0 Å².